The molecule has 0 radical (unpaired) electrons. The molecule has 21 atom stereocenters. The summed E-state index contributed by atoms with van der Waals surface area (Å²) in [5.41, 5.74) is -4.41. The number of benzene rings is 6. The number of nitrogens with one attached hydrogen (secondary N) is 6. The van der Waals surface area contributed by atoms with E-state index in [-0.39, 0.29) is 49.6 Å². The lowest BCUT2D eigenvalue weighted by atomic mass is 9.68. The Balaban J connectivity index is 0.000000182. The fourth-order valence-electron chi connectivity index (χ4n) is 18.1. The van der Waals surface area contributed by atoms with E-state index in [1.807, 2.05) is 11.4 Å². The largest absolute Gasteiger partial charge is 0.509 e. The molecule has 3 saturated carbocycles. The van der Waals surface area contributed by atoms with Crippen molar-refractivity contribution in [1.29, 1.82) is 0 Å². The van der Waals surface area contributed by atoms with Crippen LogP contribution in [0.15, 0.2) is 218 Å². The zero-order chi connectivity index (χ0) is 108. The Labute approximate surface area is 862 Å². The van der Waals surface area contributed by atoms with E-state index in [9.17, 15) is 86.5 Å². The van der Waals surface area contributed by atoms with Crippen LogP contribution >= 0.6 is 33.6 Å². The van der Waals surface area contributed by atoms with Gasteiger partial charge in [-0.2, -0.15) is 10.2 Å². The maximum atomic E-state index is 17.1. The summed E-state index contributed by atoms with van der Waals surface area (Å²) in [5.74, 6) is -24.4. The van der Waals surface area contributed by atoms with Crippen LogP contribution in [0.2, 0.25) is 0 Å². The lowest BCUT2D eigenvalue weighted by molar-refractivity contribution is -0.198. The Morgan fingerprint density at radius 1 is 0.450 bits per heavy atom. The first-order valence-electron chi connectivity index (χ1n) is 48.8. The predicted octanol–water partition coefficient (Wildman–Crippen LogP) is 14.0. The molecule has 3 aliphatic carbocycles. The first-order valence-corrected chi connectivity index (χ1v) is 54.4. The SMILES string of the molecule is C[C@H](NP(=O)(Cl)Oc1ccccc1)C(=O)OC1CCCCC1.C[C@H](NP(=O)(OC[C@@]1(F)O[C@@H](C2C=CC(=O)NC2=O)[C@](C)(O)[C@@H]1O)Oc1ccccc1)C(=O)OC1CCCCC1.C[C@H](NP(=O)(OC[C@@]1(F)O[C@@H](C2C=CC(=O)NC2=O)[C@](C)(OC(=O)OCc2ccccc2)[C@@H]1C)Oc1ccccc1)C(=O)OC1CCCCC1.C[C@]1(C(=O)OCc2ccccc2)[C@H](C2C=CC(=O)NC2=O)O[C@](F)(CO)[C@H]1C(=O)OCc1ccccc1. The van der Waals surface area contributed by atoms with Gasteiger partial charge >= 0.3 is 58.4 Å². The van der Waals surface area contributed by atoms with E-state index in [0.717, 1.165) is 121 Å². The van der Waals surface area contributed by atoms with Crippen molar-refractivity contribution in [1.82, 2.24) is 31.2 Å². The number of rotatable bonds is 37. The molecule has 3 saturated heterocycles. The van der Waals surface area contributed by atoms with Gasteiger partial charge in [0, 0.05) is 29.5 Å². The molecule has 46 heteroatoms. The van der Waals surface area contributed by atoms with Crippen LogP contribution in [0.25, 0.3) is 0 Å². The number of aliphatic hydroxyl groups is 3. The van der Waals surface area contributed by atoms with Gasteiger partial charge in [0.15, 0.2) is 0 Å². The average molecular weight is 2160 g/mol. The molecule has 0 bridgehead atoms. The van der Waals surface area contributed by atoms with Gasteiger partial charge in [-0.05, 0) is 172 Å². The van der Waals surface area contributed by atoms with Crippen LogP contribution in [0.3, 0.4) is 0 Å². The van der Waals surface area contributed by atoms with Gasteiger partial charge in [0.25, 0.3) is 5.85 Å². The number of amides is 6. The summed E-state index contributed by atoms with van der Waals surface area (Å²) in [5, 5.41) is 45.3. The van der Waals surface area contributed by atoms with Crippen molar-refractivity contribution >= 4 is 105 Å². The molecule has 6 amide bonds. The number of para-hydroxylation sites is 3. The molecule has 39 nitrogen and oxygen atoms in total. The highest BCUT2D eigenvalue weighted by Gasteiger charge is 2.73. The second-order valence-corrected chi connectivity index (χ2v) is 43.9. The minimum Gasteiger partial charge on any atom is -0.461 e. The molecule has 6 fully saturated rings. The number of alkyl halides is 3. The van der Waals surface area contributed by atoms with Crippen LogP contribution in [0, 0.1) is 35.0 Å². The molecule has 9 aliphatic rings. The van der Waals surface area contributed by atoms with Crippen LogP contribution in [-0.2, 0) is 143 Å². The number of esters is 5. The van der Waals surface area contributed by atoms with E-state index in [1.54, 1.807) is 159 Å². The second-order valence-electron chi connectivity index (χ2n) is 37.8. The molecule has 6 aromatic rings. The summed E-state index contributed by atoms with van der Waals surface area (Å²) in [6, 6.07) is 47.2. The third-order valence-corrected chi connectivity index (χ3v) is 31.3. The fraction of sp³-hybridized carbons (Fsp3) is 0.476. The van der Waals surface area contributed by atoms with Crippen molar-refractivity contribution in [2.24, 2.45) is 35.0 Å². The molecule has 6 unspecified atom stereocenters. The highest BCUT2D eigenvalue weighted by Crippen LogP contribution is 2.58. The second kappa shape index (κ2) is 51.9. The van der Waals surface area contributed by atoms with Gasteiger partial charge < -0.3 is 76.3 Å². The standard InChI is InChI=1S/C35H42FN2O11P.C27H26FNO8.C26H34FN2O10P.C15H21ClNO4P/c1-23(32(41)46-26-15-9-5-10-16-26)38-50(43,49-27-17-11-6-12-18-27)45-22-35(36)24(2)34(3,30(47-35)28-19-20-29(39)37-31(28)40)48-33(42)44-21-25-13-7-4-8-14-25;1-26(25(34)36-15-18-10-6-3-7-11-18)21(24(33)35-14-17-8-4-2-5-9-17)27(28,16-30)37-22(26)19-12-13-20(31)29-23(19)32;1-16(23(32)37-17-9-5-3-6-10-17)29-40(35,39-18-11-7-4-8-12-18)36-15-26(27)24(33)25(2,34)21(38-26)19-13-14-20(30)28-22(19)31;1-12(15(18)20-13-8-4-2-5-9-13)17-22(16,19)21-14-10-6-3-7-11-14/h4,6-8,11-14,17-20,23-24,26,28,30H,5,9-10,15-16,21-22H2,1-3H3,(H,38,43)(H,37,39,40);2-13,19,21-22,30H,14-16H2,1H3,(H,29,31,32);4,7-8,11-14,16-17,19,21,24,33-34H,3,5-6,9-10,15H2,1-2H3,(H,29,35)(H,28,30,31);3,6-7,10-13H,2,4-5,8-9H2,1H3,(H,17,19)/t23-,24-,28?,30-,34+,35+,50?;19?,21-,22-,26+,27+;16-,19?,21-,24-,25-,26+,40?;12-,22?/m0000/s1. The van der Waals surface area contributed by atoms with E-state index >= 15 is 13.2 Å². The smallest absolute Gasteiger partial charge is 0.461 e. The summed E-state index contributed by atoms with van der Waals surface area (Å²) < 4.78 is 172. The van der Waals surface area contributed by atoms with Crippen molar-refractivity contribution in [3.8, 4) is 17.2 Å². The Morgan fingerprint density at radius 3 is 1.16 bits per heavy atom. The maximum Gasteiger partial charge on any atom is 0.509 e. The lowest BCUT2D eigenvalue weighted by Gasteiger charge is -2.35. The first-order chi connectivity index (χ1) is 70.8. The number of halogens is 4. The average Bonchev–Trinajstić information content (AvgIpc) is 1.56. The third kappa shape index (κ3) is 31.1. The molecular weight excluding hydrogens is 2030 g/mol. The molecule has 6 aliphatic heterocycles. The lowest BCUT2D eigenvalue weighted by Crippen LogP contribution is -2.53. The van der Waals surface area contributed by atoms with Crippen LogP contribution in [-0.4, -0.2) is 196 Å². The molecule has 6 aromatic carbocycles. The third-order valence-electron chi connectivity index (χ3n) is 26.4. The molecule has 0 spiro atoms. The van der Waals surface area contributed by atoms with Crippen LogP contribution in [0.5, 0.6) is 17.2 Å². The van der Waals surface area contributed by atoms with Gasteiger partial charge in [-0.1, -0.05) is 190 Å². The molecule has 0 aromatic heterocycles. The first kappa shape index (κ1) is 116. The highest BCUT2D eigenvalue weighted by atomic mass is 35.7. The van der Waals surface area contributed by atoms with Gasteiger partial charge in [-0.25, -0.2) is 36.7 Å². The van der Waals surface area contributed by atoms with Crippen molar-refractivity contribution in [2.75, 3.05) is 19.8 Å². The van der Waals surface area contributed by atoms with Gasteiger partial charge in [0.2, 0.25) is 47.2 Å². The molecule has 15 rings (SSSR count). The fourth-order valence-corrected chi connectivity index (χ4v) is 22.8. The van der Waals surface area contributed by atoms with Crippen molar-refractivity contribution in [3.05, 3.63) is 235 Å². The molecule has 9 N–H and O–H groups in total. The molecular formula is C103H123ClF3N6O33P3. The minimum atomic E-state index is -4.55. The van der Waals surface area contributed by atoms with E-state index in [4.69, 9.17) is 81.2 Å². The number of hydrogen-bond donors (Lipinski definition) is 9. The number of carbonyl (C=O) groups is 12. The summed E-state index contributed by atoms with van der Waals surface area (Å²) in [4.78, 5) is 150. The number of ether oxygens (including phenoxy) is 10. The van der Waals surface area contributed by atoms with E-state index in [0.29, 0.717) is 22.4 Å². The Hall–Kier alpha value is -11.7. The Morgan fingerprint density at radius 2 is 0.779 bits per heavy atom. The number of hydrogen-bond acceptors (Lipinski definition) is 33. The monoisotopic (exact) mass is 2160 g/mol. The van der Waals surface area contributed by atoms with Gasteiger partial charge in [0.1, 0.15) is 134 Å². The number of carbonyl (C=O) groups excluding carboxylic acids is 12. The summed E-state index contributed by atoms with van der Waals surface area (Å²) in [7, 11) is -9.10. The summed E-state index contributed by atoms with van der Waals surface area (Å²) >= 11 is 5.87. The zero-order valence-corrected chi connectivity index (χ0v) is 86.2. The molecule has 806 valence electrons. The van der Waals surface area contributed by atoms with Crippen LogP contribution < -0.4 is 44.8 Å². The normalized spacial score (nSPS) is 28.6. The summed E-state index contributed by atoms with van der Waals surface area (Å²) in [6.45, 7) is 1.59. The van der Waals surface area contributed by atoms with Crippen LogP contribution in [0.1, 0.15) is 161 Å². The van der Waals surface area contributed by atoms with E-state index < -0.39 is 220 Å². The van der Waals surface area contributed by atoms with E-state index in [2.05, 4.69) is 25.9 Å². The van der Waals surface area contributed by atoms with Crippen LogP contribution in [0.4, 0.5) is 18.0 Å². The molecule has 149 heavy (non-hydrogen) atoms. The number of aliphatic hydroxyl groups excluding tert-OH is 2. The summed E-state index contributed by atoms with van der Waals surface area (Å²) in [6.07, 6.45) is 11.8. The van der Waals surface area contributed by atoms with E-state index in [1.165, 1.54) is 77.5 Å². The van der Waals surface area contributed by atoms with Crippen molar-refractivity contribution < 1.29 is 170 Å². The van der Waals surface area contributed by atoms with Gasteiger partial charge in [0.05, 0.1) is 29.8 Å². The predicted molar refractivity (Wildman–Crippen MR) is 525 cm³/mol. The number of imide groups is 3. The van der Waals surface area contributed by atoms with Gasteiger partial charge in [-0.3, -0.25) is 77.7 Å². The molecule has 6 heterocycles. The van der Waals surface area contributed by atoms with Crippen molar-refractivity contribution in [3.63, 3.8) is 0 Å². The highest BCUT2D eigenvalue weighted by molar-refractivity contribution is 7.84. The topological polar surface area (TPSA) is 527 Å². The Kier molecular flexibility index (Phi) is 40.4. The van der Waals surface area contributed by atoms with Crippen molar-refractivity contribution in [2.45, 2.75) is 254 Å². The maximum absolute atomic E-state index is 17.1. The minimum absolute atomic E-state index is 0.0461. The van der Waals surface area contributed by atoms with Gasteiger partial charge in [-0.15, -0.1) is 0 Å². The quantitative estimate of drug-likeness (QED) is 0.00757. The Bertz CT molecular complexity index is 5890. The zero-order valence-electron chi connectivity index (χ0n) is 82.7.